The number of aromatic nitrogens is 1. The van der Waals surface area contributed by atoms with Crippen LogP contribution in [-0.2, 0) is 4.79 Å². The zero-order valence-corrected chi connectivity index (χ0v) is 8.58. The first-order valence-electron chi connectivity index (χ1n) is 4.28. The highest BCUT2D eigenvalue weighted by molar-refractivity contribution is 6.31. The van der Waals surface area contributed by atoms with Gasteiger partial charge in [0.1, 0.15) is 5.52 Å². The van der Waals surface area contributed by atoms with Crippen LogP contribution in [0.4, 0.5) is 4.39 Å². The van der Waals surface area contributed by atoms with Crippen LogP contribution >= 0.6 is 11.6 Å². The molecule has 0 fully saturated rings. The van der Waals surface area contributed by atoms with Gasteiger partial charge in [-0.15, -0.1) is 0 Å². The fourth-order valence-corrected chi connectivity index (χ4v) is 1.37. The summed E-state index contributed by atoms with van der Waals surface area (Å²) in [4.78, 5) is 14.6. The van der Waals surface area contributed by atoms with Crippen molar-refractivity contribution >= 4 is 28.5 Å². The molecule has 0 aliphatic carbocycles. The number of hydrogen-bond donors (Lipinski definition) is 0. The van der Waals surface area contributed by atoms with Gasteiger partial charge < -0.3 is 4.42 Å². The number of fused-ring (bicyclic) bond motifs is 1. The average Bonchev–Trinajstić information content (AvgIpc) is 2.58. The maximum atomic E-state index is 13.3. The van der Waals surface area contributed by atoms with Crippen molar-refractivity contribution in [2.24, 2.45) is 0 Å². The Kier molecular flexibility index (Phi) is 2.44. The standard InChI is InChI=1S/C10H7ClFNO2/c1-5(14)9(12)10-13-7-4-6(11)2-3-8(7)15-10/h2-4,9H,1H3. The lowest BCUT2D eigenvalue weighted by molar-refractivity contribution is -0.122. The number of halogens is 2. The van der Waals surface area contributed by atoms with Gasteiger partial charge in [-0.2, -0.15) is 0 Å². The molecular formula is C10H7ClFNO2. The molecule has 1 heterocycles. The zero-order chi connectivity index (χ0) is 11.0. The summed E-state index contributed by atoms with van der Waals surface area (Å²) in [6.45, 7) is 1.15. The lowest BCUT2D eigenvalue weighted by Crippen LogP contribution is -2.02. The van der Waals surface area contributed by atoms with Crippen LogP contribution in [0.3, 0.4) is 0 Å². The number of nitrogens with zero attached hydrogens (tertiary/aromatic N) is 1. The van der Waals surface area contributed by atoms with Crippen molar-refractivity contribution < 1.29 is 13.6 Å². The zero-order valence-electron chi connectivity index (χ0n) is 7.83. The molecule has 0 saturated carbocycles. The molecule has 0 bridgehead atoms. The van der Waals surface area contributed by atoms with Crippen LogP contribution in [0, 0.1) is 0 Å². The van der Waals surface area contributed by atoms with Crippen molar-refractivity contribution in [1.29, 1.82) is 0 Å². The normalized spacial score (nSPS) is 13.0. The lowest BCUT2D eigenvalue weighted by atomic mass is 10.3. The first kappa shape index (κ1) is 10.1. The fourth-order valence-electron chi connectivity index (χ4n) is 1.20. The summed E-state index contributed by atoms with van der Waals surface area (Å²) in [7, 11) is 0. The van der Waals surface area contributed by atoms with Crippen LogP contribution in [-0.4, -0.2) is 10.8 Å². The van der Waals surface area contributed by atoms with Gasteiger partial charge in [0.25, 0.3) is 0 Å². The Morgan fingerprint density at radius 2 is 2.33 bits per heavy atom. The predicted molar refractivity (Wildman–Crippen MR) is 53.5 cm³/mol. The van der Waals surface area contributed by atoms with E-state index in [0.717, 1.165) is 6.92 Å². The van der Waals surface area contributed by atoms with Gasteiger partial charge in [-0.1, -0.05) is 11.6 Å². The first-order valence-corrected chi connectivity index (χ1v) is 4.66. The van der Waals surface area contributed by atoms with E-state index in [-0.39, 0.29) is 5.89 Å². The molecule has 3 nitrogen and oxygen atoms in total. The van der Waals surface area contributed by atoms with Crippen molar-refractivity contribution in [2.45, 2.75) is 13.1 Å². The predicted octanol–water partition coefficient (Wildman–Crippen LogP) is 3.08. The van der Waals surface area contributed by atoms with E-state index in [1.54, 1.807) is 18.2 Å². The summed E-state index contributed by atoms with van der Waals surface area (Å²) >= 11 is 5.73. The second-order valence-corrected chi connectivity index (χ2v) is 3.57. The topological polar surface area (TPSA) is 43.1 Å². The van der Waals surface area contributed by atoms with E-state index >= 15 is 0 Å². The van der Waals surface area contributed by atoms with E-state index in [0.29, 0.717) is 16.1 Å². The van der Waals surface area contributed by atoms with Gasteiger partial charge in [-0.05, 0) is 25.1 Å². The van der Waals surface area contributed by atoms with Crippen LogP contribution in [0.5, 0.6) is 0 Å². The highest BCUT2D eigenvalue weighted by Gasteiger charge is 2.21. The van der Waals surface area contributed by atoms with Crippen LogP contribution in [0.15, 0.2) is 22.6 Å². The Labute approximate surface area is 89.9 Å². The van der Waals surface area contributed by atoms with Crippen molar-refractivity contribution in [2.75, 3.05) is 0 Å². The Morgan fingerprint density at radius 1 is 1.60 bits per heavy atom. The number of benzene rings is 1. The minimum atomic E-state index is -1.81. The molecule has 1 atom stereocenters. The molecule has 78 valence electrons. The Morgan fingerprint density at radius 3 is 3.00 bits per heavy atom. The number of ketones is 1. The minimum absolute atomic E-state index is 0.222. The van der Waals surface area contributed by atoms with Gasteiger partial charge in [0.15, 0.2) is 11.4 Å². The summed E-state index contributed by atoms with van der Waals surface area (Å²) in [6, 6.07) is 4.75. The Balaban J connectivity index is 2.51. The van der Waals surface area contributed by atoms with Gasteiger partial charge in [0, 0.05) is 5.02 Å². The second-order valence-electron chi connectivity index (χ2n) is 3.14. The van der Waals surface area contributed by atoms with E-state index in [9.17, 15) is 9.18 Å². The summed E-state index contributed by atoms with van der Waals surface area (Å²) < 4.78 is 18.3. The molecule has 2 aromatic rings. The van der Waals surface area contributed by atoms with Gasteiger partial charge in [-0.3, -0.25) is 4.79 Å². The molecule has 0 N–H and O–H groups in total. The molecule has 0 aliphatic rings. The van der Waals surface area contributed by atoms with Crippen molar-refractivity contribution in [3.63, 3.8) is 0 Å². The molecule has 1 unspecified atom stereocenters. The summed E-state index contributed by atoms with van der Waals surface area (Å²) in [5, 5.41) is 0.487. The maximum absolute atomic E-state index is 13.3. The van der Waals surface area contributed by atoms with E-state index in [1.807, 2.05) is 0 Å². The number of carbonyl (C=O) groups is 1. The quantitative estimate of drug-likeness (QED) is 0.792. The largest absolute Gasteiger partial charge is 0.437 e. The van der Waals surface area contributed by atoms with Crippen LogP contribution < -0.4 is 0 Å². The van der Waals surface area contributed by atoms with Crippen molar-refractivity contribution in [1.82, 2.24) is 4.98 Å². The lowest BCUT2D eigenvalue weighted by Gasteiger charge is -1.95. The summed E-state index contributed by atoms with van der Waals surface area (Å²) in [6.07, 6.45) is -1.81. The van der Waals surface area contributed by atoms with Crippen molar-refractivity contribution in [3.8, 4) is 0 Å². The fraction of sp³-hybridized carbons (Fsp3) is 0.200. The molecule has 2 rings (SSSR count). The van der Waals surface area contributed by atoms with Gasteiger partial charge in [-0.25, -0.2) is 9.37 Å². The molecular weight excluding hydrogens is 221 g/mol. The Hall–Kier alpha value is -1.42. The van der Waals surface area contributed by atoms with Crippen LogP contribution in [0.1, 0.15) is 19.0 Å². The number of rotatable bonds is 2. The molecule has 0 saturated heterocycles. The molecule has 1 aromatic heterocycles. The SMILES string of the molecule is CC(=O)C(F)c1nc2cc(Cl)ccc2o1. The average molecular weight is 228 g/mol. The van der Waals surface area contributed by atoms with Crippen LogP contribution in [0.2, 0.25) is 5.02 Å². The van der Waals surface area contributed by atoms with Gasteiger partial charge in [0.05, 0.1) is 0 Å². The van der Waals surface area contributed by atoms with E-state index in [1.165, 1.54) is 0 Å². The third-order valence-electron chi connectivity index (χ3n) is 1.94. The molecule has 1 aromatic carbocycles. The molecule has 0 amide bonds. The molecule has 5 heteroatoms. The number of carbonyl (C=O) groups excluding carboxylic acids is 1. The van der Waals surface area contributed by atoms with Crippen molar-refractivity contribution in [3.05, 3.63) is 29.1 Å². The maximum Gasteiger partial charge on any atom is 0.237 e. The smallest absolute Gasteiger partial charge is 0.237 e. The Bertz CT molecular complexity index is 523. The highest BCUT2D eigenvalue weighted by Crippen LogP contribution is 2.25. The summed E-state index contributed by atoms with van der Waals surface area (Å²) in [5.74, 6) is -0.854. The number of oxazole rings is 1. The highest BCUT2D eigenvalue weighted by atomic mass is 35.5. The monoisotopic (exact) mass is 227 g/mol. The molecule has 15 heavy (non-hydrogen) atoms. The van der Waals surface area contributed by atoms with Crippen LogP contribution in [0.25, 0.3) is 11.1 Å². The summed E-state index contributed by atoms with van der Waals surface area (Å²) in [5.41, 5.74) is 0.861. The third kappa shape index (κ3) is 1.85. The molecule has 0 spiro atoms. The van der Waals surface area contributed by atoms with E-state index < -0.39 is 12.0 Å². The number of alkyl halides is 1. The van der Waals surface area contributed by atoms with E-state index in [2.05, 4.69) is 4.98 Å². The third-order valence-corrected chi connectivity index (χ3v) is 2.17. The first-order chi connectivity index (χ1) is 7.08. The number of Topliss-reactive ketones (excluding diaryl/α,β-unsaturated/α-hetero) is 1. The number of hydrogen-bond acceptors (Lipinski definition) is 3. The second kappa shape index (κ2) is 3.62. The molecule has 0 aliphatic heterocycles. The van der Waals surface area contributed by atoms with Gasteiger partial charge in [0.2, 0.25) is 12.1 Å². The van der Waals surface area contributed by atoms with E-state index in [4.69, 9.17) is 16.0 Å². The molecule has 0 radical (unpaired) electrons. The van der Waals surface area contributed by atoms with Gasteiger partial charge >= 0.3 is 0 Å². The minimum Gasteiger partial charge on any atom is -0.437 e.